The molecule has 1 N–H and O–H groups in total. The summed E-state index contributed by atoms with van der Waals surface area (Å²) in [6.07, 6.45) is -5.79. The fraction of sp³-hybridized carbons (Fsp3) is 0.692. The standard InChI is InChI=1S/C13H17F2N5O5/c1-3-7-9(18-19-16)10(25-13(14,15)6-23-2)11(24-7)20-5-4-8(21)17-12(20)22/h4-5,7,9-11H,3,6H2,1-2H3,(H,17,21,22)/t7-,9-,10-,11-/m1/s1. The first kappa shape index (κ1) is 19.1. The van der Waals surface area contributed by atoms with Gasteiger partial charge in [-0.15, -0.1) is 0 Å². The molecule has 1 aliphatic rings. The Hall–Kier alpha value is -2.27. The molecule has 0 unspecified atom stereocenters. The number of hydrogen-bond acceptors (Lipinski definition) is 6. The maximum Gasteiger partial charge on any atom is 0.379 e. The van der Waals surface area contributed by atoms with Crippen LogP contribution in [0.3, 0.4) is 0 Å². The van der Waals surface area contributed by atoms with Crippen molar-refractivity contribution in [1.82, 2.24) is 9.55 Å². The third-order valence-electron chi connectivity index (χ3n) is 3.65. The monoisotopic (exact) mass is 361 g/mol. The Morgan fingerprint density at radius 3 is 2.80 bits per heavy atom. The first-order valence-electron chi connectivity index (χ1n) is 7.38. The van der Waals surface area contributed by atoms with Crippen LogP contribution in [0, 0.1) is 0 Å². The number of rotatable bonds is 7. The summed E-state index contributed by atoms with van der Waals surface area (Å²) in [6, 6.07) is -0.0571. The number of ether oxygens (including phenoxy) is 3. The number of methoxy groups -OCH3 is 1. The second-order valence-corrected chi connectivity index (χ2v) is 5.34. The normalized spacial score (nSPS) is 26.4. The average molecular weight is 361 g/mol. The van der Waals surface area contributed by atoms with Crippen molar-refractivity contribution in [2.45, 2.75) is 43.9 Å². The Morgan fingerprint density at radius 2 is 2.24 bits per heavy atom. The van der Waals surface area contributed by atoms with Crippen LogP contribution in [0.5, 0.6) is 0 Å². The number of aromatic amines is 1. The molecular formula is C13H17F2N5O5. The Bertz CT molecular complexity index is 760. The summed E-state index contributed by atoms with van der Waals surface area (Å²) in [5.74, 6) is 0. The quantitative estimate of drug-likeness (QED) is 0.442. The van der Waals surface area contributed by atoms with E-state index >= 15 is 0 Å². The maximum atomic E-state index is 13.9. The van der Waals surface area contributed by atoms with E-state index in [9.17, 15) is 18.4 Å². The van der Waals surface area contributed by atoms with Gasteiger partial charge in [0, 0.05) is 24.3 Å². The van der Waals surface area contributed by atoms with Crippen molar-refractivity contribution in [1.29, 1.82) is 0 Å². The molecule has 1 aliphatic heterocycles. The molecule has 1 aromatic rings. The van der Waals surface area contributed by atoms with Gasteiger partial charge in [0.05, 0.1) is 12.1 Å². The zero-order valence-corrected chi connectivity index (χ0v) is 13.5. The van der Waals surface area contributed by atoms with E-state index in [1.807, 2.05) is 4.98 Å². The number of H-pyrrole nitrogens is 1. The van der Waals surface area contributed by atoms with E-state index in [0.717, 1.165) is 23.9 Å². The molecule has 12 heteroatoms. The van der Waals surface area contributed by atoms with Crippen molar-refractivity contribution >= 4 is 0 Å². The lowest BCUT2D eigenvalue weighted by Crippen LogP contribution is -2.43. The largest absolute Gasteiger partial charge is 0.379 e. The highest BCUT2D eigenvalue weighted by atomic mass is 19.3. The van der Waals surface area contributed by atoms with Crippen molar-refractivity contribution in [2.75, 3.05) is 13.7 Å². The molecule has 0 aromatic carbocycles. The van der Waals surface area contributed by atoms with E-state index in [-0.39, 0.29) is 0 Å². The van der Waals surface area contributed by atoms with Crippen molar-refractivity contribution < 1.29 is 23.0 Å². The van der Waals surface area contributed by atoms with Crippen molar-refractivity contribution in [2.24, 2.45) is 5.11 Å². The van der Waals surface area contributed by atoms with Crippen LogP contribution in [0.15, 0.2) is 27.0 Å². The van der Waals surface area contributed by atoms with Crippen LogP contribution < -0.4 is 11.2 Å². The van der Waals surface area contributed by atoms with Crippen LogP contribution in [0.25, 0.3) is 10.4 Å². The van der Waals surface area contributed by atoms with E-state index < -0.39 is 48.4 Å². The smallest absolute Gasteiger partial charge is 0.376 e. The Labute approximate surface area is 139 Å². The van der Waals surface area contributed by atoms with Gasteiger partial charge in [-0.1, -0.05) is 12.0 Å². The van der Waals surface area contributed by atoms with E-state index in [1.165, 1.54) is 0 Å². The molecule has 2 heterocycles. The molecule has 1 saturated heterocycles. The molecule has 0 saturated carbocycles. The van der Waals surface area contributed by atoms with Crippen LogP contribution in [-0.2, 0) is 14.2 Å². The average Bonchev–Trinajstić information content (AvgIpc) is 2.85. The summed E-state index contributed by atoms with van der Waals surface area (Å²) in [4.78, 5) is 27.8. The summed E-state index contributed by atoms with van der Waals surface area (Å²) < 4.78 is 43.5. The van der Waals surface area contributed by atoms with E-state index in [0.29, 0.717) is 6.42 Å². The summed E-state index contributed by atoms with van der Waals surface area (Å²) in [7, 11) is 1.08. The minimum absolute atomic E-state index is 0.327. The third-order valence-corrected chi connectivity index (χ3v) is 3.65. The molecule has 0 radical (unpaired) electrons. The van der Waals surface area contributed by atoms with Crippen LogP contribution in [0.4, 0.5) is 8.78 Å². The molecular weight excluding hydrogens is 344 g/mol. The lowest BCUT2D eigenvalue weighted by molar-refractivity contribution is -0.293. The summed E-state index contributed by atoms with van der Waals surface area (Å²) in [5, 5.41) is 3.49. The second-order valence-electron chi connectivity index (χ2n) is 5.34. The lowest BCUT2D eigenvalue weighted by Gasteiger charge is -2.27. The molecule has 0 aliphatic carbocycles. The van der Waals surface area contributed by atoms with E-state index in [1.54, 1.807) is 6.92 Å². The first-order chi connectivity index (χ1) is 11.8. The van der Waals surface area contributed by atoms with Crippen LogP contribution in [-0.4, -0.2) is 47.6 Å². The van der Waals surface area contributed by atoms with Gasteiger partial charge in [-0.2, -0.15) is 8.78 Å². The number of halogens is 2. The minimum atomic E-state index is -3.70. The highest BCUT2D eigenvalue weighted by Crippen LogP contribution is 2.37. The van der Waals surface area contributed by atoms with Gasteiger partial charge < -0.3 is 14.2 Å². The number of nitrogens with zero attached hydrogens (tertiary/aromatic N) is 4. The number of aromatic nitrogens is 2. The number of azide groups is 1. The highest BCUT2D eigenvalue weighted by Gasteiger charge is 2.50. The molecule has 4 atom stereocenters. The molecule has 2 rings (SSSR count). The molecule has 10 nitrogen and oxygen atoms in total. The van der Waals surface area contributed by atoms with Crippen LogP contribution in [0.1, 0.15) is 19.6 Å². The van der Waals surface area contributed by atoms with Gasteiger partial charge in [0.15, 0.2) is 6.23 Å². The summed E-state index contributed by atoms with van der Waals surface area (Å²) in [5.41, 5.74) is 7.21. The van der Waals surface area contributed by atoms with Crippen molar-refractivity contribution in [3.8, 4) is 0 Å². The highest BCUT2D eigenvalue weighted by molar-refractivity contribution is 4.98. The van der Waals surface area contributed by atoms with Crippen molar-refractivity contribution in [3.63, 3.8) is 0 Å². The SMILES string of the molecule is CC[C@H]1O[C@@H](n2ccc(=O)[nH]c2=O)[C@H](OC(F)(F)COC)[C@@H]1N=[N+]=[N-]. The number of hydrogen-bond donors (Lipinski definition) is 1. The Balaban J connectivity index is 2.45. The van der Waals surface area contributed by atoms with Crippen LogP contribution >= 0.6 is 0 Å². The zero-order valence-electron chi connectivity index (χ0n) is 13.5. The van der Waals surface area contributed by atoms with Gasteiger partial charge in [0.2, 0.25) is 0 Å². The Kier molecular flexibility index (Phi) is 5.90. The number of alkyl halides is 2. The topological polar surface area (TPSA) is 131 Å². The fourth-order valence-corrected chi connectivity index (χ4v) is 2.64. The molecule has 1 fully saturated rings. The lowest BCUT2D eigenvalue weighted by atomic mass is 10.1. The fourth-order valence-electron chi connectivity index (χ4n) is 2.64. The zero-order chi connectivity index (χ0) is 18.6. The van der Waals surface area contributed by atoms with Crippen molar-refractivity contribution in [3.05, 3.63) is 43.5 Å². The minimum Gasteiger partial charge on any atom is -0.376 e. The summed E-state index contributed by atoms with van der Waals surface area (Å²) in [6.45, 7) is 0.670. The molecule has 0 spiro atoms. The van der Waals surface area contributed by atoms with Gasteiger partial charge in [-0.25, -0.2) is 4.79 Å². The van der Waals surface area contributed by atoms with Gasteiger partial charge in [0.25, 0.3) is 5.56 Å². The molecule has 1 aromatic heterocycles. The van der Waals surface area contributed by atoms with Gasteiger partial charge in [-0.05, 0) is 12.0 Å². The molecule has 0 bridgehead atoms. The number of nitrogens with one attached hydrogen (secondary N) is 1. The first-order valence-corrected chi connectivity index (χ1v) is 7.38. The summed E-state index contributed by atoms with van der Waals surface area (Å²) >= 11 is 0. The molecule has 138 valence electrons. The van der Waals surface area contributed by atoms with Crippen LogP contribution in [0.2, 0.25) is 0 Å². The molecule has 25 heavy (non-hydrogen) atoms. The van der Waals surface area contributed by atoms with E-state index in [4.69, 9.17) is 15.0 Å². The van der Waals surface area contributed by atoms with Gasteiger partial charge in [-0.3, -0.25) is 14.3 Å². The predicted octanol–water partition coefficient (Wildman–Crippen LogP) is 1.15. The van der Waals surface area contributed by atoms with E-state index in [2.05, 4.69) is 14.8 Å². The third kappa shape index (κ3) is 4.23. The molecule has 0 amide bonds. The van der Waals surface area contributed by atoms with Gasteiger partial charge >= 0.3 is 11.8 Å². The Morgan fingerprint density at radius 1 is 1.52 bits per heavy atom. The van der Waals surface area contributed by atoms with Gasteiger partial charge in [0.1, 0.15) is 12.7 Å². The maximum absolute atomic E-state index is 13.9. The second kappa shape index (κ2) is 7.74. The predicted molar refractivity (Wildman–Crippen MR) is 80.2 cm³/mol.